The predicted molar refractivity (Wildman–Crippen MR) is 79.8 cm³/mol. The van der Waals surface area contributed by atoms with Gasteiger partial charge in [-0.05, 0) is 27.7 Å². The van der Waals surface area contributed by atoms with Gasteiger partial charge in [-0.25, -0.2) is 4.68 Å². The fraction of sp³-hybridized carbons (Fsp3) is 0.538. The van der Waals surface area contributed by atoms with Gasteiger partial charge in [-0.1, -0.05) is 0 Å². The molecular weight excluding hydrogens is 281 g/mol. The van der Waals surface area contributed by atoms with Gasteiger partial charge in [0.15, 0.2) is 0 Å². The minimum atomic E-state index is -0.256. The van der Waals surface area contributed by atoms with E-state index in [2.05, 4.69) is 15.5 Å². The Balaban J connectivity index is 0.00000200. The number of aromatic nitrogens is 4. The van der Waals surface area contributed by atoms with Crippen LogP contribution in [-0.4, -0.2) is 19.6 Å². The summed E-state index contributed by atoms with van der Waals surface area (Å²) in [6, 6.07) is 0. The first-order valence-electron chi connectivity index (χ1n) is 6.56. The van der Waals surface area contributed by atoms with Gasteiger partial charge in [0.25, 0.3) is 0 Å². The van der Waals surface area contributed by atoms with Crippen LogP contribution in [0.5, 0.6) is 0 Å². The zero-order chi connectivity index (χ0) is 14.0. The number of nitrogens with zero attached hydrogens (tertiary/aromatic N) is 4. The maximum Gasteiger partial charge on any atom is 0.216 e. The summed E-state index contributed by atoms with van der Waals surface area (Å²) in [6.07, 6.45) is 1.77. The van der Waals surface area contributed by atoms with Crippen molar-refractivity contribution in [2.24, 2.45) is 0 Å². The van der Waals surface area contributed by atoms with Gasteiger partial charge in [0.1, 0.15) is 0 Å². The van der Waals surface area contributed by atoms with E-state index in [9.17, 15) is 4.39 Å². The van der Waals surface area contributed by atoms with Crippen LogP contribution in [0.3, 0.4) is 0 Å². The highest BCUT2D eigenvalue weighted by Crippen LogP contribution is 2.17. The van der Waals surface area contributed by atoms with E-state index >= 15 is 0 Å². The van der Waals surface area contributed by atoms with Gasteiger partial charge in [0.2, 0.25) is 5.95 Å². The van der Waals surface area contributed by atoms with Crippen molar-refractivity contribution in [3.05, 3.63) is 29.1 Å². The zero-order valence-corrected chi connectivity index (χ0v) is 13.1. The molecule has 0 spiro atoms. The van der Waals surface area contributed by atoms with Crippen LogP contribution in [0.15, 0.2) is 6.20 Å². The molecule has 1 N–H and O–H groups in total. The van der Waals surface area contributed by atoms with Crippen LogP contribution in [0.4, 0.5) is 10.1 Å². The number of hydrogen-bond acceptors (Lipinski definition) is 3. The topological polar surface area (TPSA) is 47.7 Å². The lowest BCUT2D eigenvalue weighted by Gasteiger charge is -2.06. The smallest absolute Gasteiger partial charge is 0.216 e. The lowest BCUT2D eigenvalue weighted by Crippen LogP contribution is -2.05. The Morgan fingerprint density at radius 2 is 1.85 bits per heavy atom. The van der Waals surface area contributed by atoms with E-state index in [-0.39, 0.29) is 18.4 Å². The van der Waals surface area contributed by atoms with Crippen LogP contribution >= 0.6 is 12.4 Å². The summed E-state index contributed by atoms with van der Waals surface area (Å²) in [4.78, 5) is 0. The van der Waals surface area contributed by atoms with Gasteiger partial charge < -0.3 is 5.32 Å². The average Bonchev–Trinajstić information content (AvgIpc) is 2.88. The van der Waals surface area contributed by atoms with Crippen molar-refractivity contribution in [2.75, 3.05) is 5.32 Å². The maximum atomic E-state index is 14.0. The van der Waals surface area contributed by atoms with Gasteiger partial charge in [-0.15, -0.1) is 12.4 Å². The summed E-state index contributed by atoms with van der Waals surface area (Å²) >= 11 is 0. The molecule has 0 aliphatic heterocycles. The number of hydrogen-bond donors (Lipinski definition) is 1. The van der Waals surface area contributed by atoms with E-state index in [0.717, 1.165) is 23.6 Å². The quantitative estimate of drug-likeness (QED) is 0.924. The van der Waals surface area contributed by atoms with Gasteiger partial charge >= 0.3 is 0 Å². The molecule has 2 aromatic heterocycles. The molecule has 112 valence electrons. The molecule has 2 rings (SSSR count). The van der Waals surface area contributed by atoms with E-state index in [1.54, 1.807) is 6.20 Å². The van der Waals surface area contributed by atoms with Crippen LogP contribution in [0, 0.1) is 19.8 Å². The molecule has 0 atom stereocenters. The summed E-state index contributed by atoms with van der Waals surface area (Å²) in [5.74, 6) is -0.256. The highest BCUT2D eigenvalue weighted by molar-refractivity contribution is 5.85. The van der Waals surface area contributed by atoms with Crippen LogP contribution in [-0.2, 0) is 19.6 Å². The van der Waals surface area contributed by atoms with Gasteiger partial charge in [-0.2, -0.15) is 14.6 Å². The molecule has 0 aromatic carbocycles. The standard InChI is InChI=1S/C13H20FN5.ClH/c1-5-18-10(4)12(8-16-18)15-7-11-9(3)17-19(6-2)13(11)14;/h8,15H,5-7H2,1-4H3;1H. The Hall–Kier alpha value is -1.56. The zero-order valence-electron chi connectivity index (χ0n) is 12.3. The Bertz CT molecular complexity index is 576. The highest BCUT2D eigenvalue weighted by atomic mass is 35.5. The predicted octanol–water partition coefficient (Wildman–Crippen LogP) is 2.91. The van der Waals surface area contributed by atoms with Crippen molar-refractivity contribution in [3.8, 4) is 0 Å². The first-order chi connectivity index (χ1) is 9.08. The maximum absolute atomic E-state index is 14.0. The number of anilines is 1. The van der Waals surface area contributed by atoms with E-state index < -0.39 is 0 Å². The lowest BCUT2D eigenvalue weighted by molar-refractivity contribution is 0.464. The first kappa shape index (κ1) is 16.5. The van der Waals surface area contributed by atoms with E-state index in [0.29, 0.717) is 18.7 Å². The molecule has 0 aliphatic carbocycles. The van der Waals surface area contributed by atoms with Crippen LogP contribution < -0.4 is 5.32 Å². The summed E-state index contributed by atoms with van der Waals surface area (Å²) in [5.41, 5.74) is 3.34. The summed E-state index contributed by atoms with van der Waals surface area (Å²) < 4.78 is 17.3. The molecule has 2 aromatic rings. The fourth-order valence-electron chi connectivity index (χ4n) is 2.12. The van der Waals surface area contributed by atoms with Crippen LogP contribution in [0.2, 0.25) is 0 Å². The molecule has 0 unspecified atom stereocenters. The molecule has 20 heavy (non-hydrogen) atoms. The Kier molecular flexibility index (Phi) is 5.56. The second-order valence-corrected chi connectivity index (χ2v) is 4.48. The van der Waals surface area contributed by atoms with Crippen LogP contribution in [0.1, 0.15) is 30.8 Å². The van der Waals surface area contributed by atoms with Gasteiger partial charge in [0, 0.05) is 25.2 Å². The van der Waals surface area contributed by atoms with Crippen molar-refractivity contribution in [1.29, 1.82) is 0 Å². The summed E-state index contributed by atoms with van der Waals surface area (Å²) in [6.45, 7) is 9.54. The van der Waals surface area contributed by atoms with E-state index in [1.807, 2.05) is 32.4 Å². The second-order valence-electron chi connectivity index (χ2n) is 4.48. The number of halogens is 2. The van der Waals surface area contributed by atoms with Crippen molar-refractivity contribution in [3.63, 3.8) is 0 Å². The molecule has 0 saturated carbocycles. The Morgan fingerprint density at radius 1 is 1.20 bits per heavy atom. The van der Waals surface area contributed by atoms with Crippen molar-refractivity contribution in [2.45, 2.75) is 47.3 Å². The molecule has 5 nitrogen and oxygen atoms in total. The Morgan fingerprint density at radius 3 is 2.35 bits per heavy atom. The molecule has 2 heterocycles. The number of rotatable bonds is 5. The fourth-order valence-corrected chi connectivity index (χ4v) is 2.12. The van der Waals surface area contributed by atoms with Crippen LogP contribution in [0.25, 0.3) is 0 Å². The SMILES string of the molecule is CCn1ncc(NCc2c(C)nn(CC)c2F)c1C.Cl. The number of aryl methyl sites for hydroxylation is 3. The largest absolute Gasteiger partial charge is 0.378 e. The molecule has 0 saturated heterocycles. The summed E-state index contributed by atoms with van der Waals surface area (Å²) in [5, 5.41) is 11.6. The van der Waals surface area contributed by atoms with Crippen molar-refractivity contribution in [1.82, 2.24) is 19.6 Å². The monoisotopic (exact) mass is 301 g/mol. The molecular formula is C13H21ClFN5. The Labute approximate surface area is 124 Å². The first-order valence-corrected chi connectivity index (χ1v) is 6.56. The molecule has 0 fully saturated rings. The molecule has 0 bridgehead atoms. The molecule has 0 radical (unpaired) electrons. The normalized spacial score (nSPS) is 10.4. The van der Waals surface area contributed by atoms with Crippen molar-refractivity contribution < 1.29 is 4.39 Å². The minimum Gasteiger partial charge on any atom is -0.378 e. The summed E-state index contributed by atoms with van der Waals surface area (Å²) in [7, 11) is 0. The van der Waals surface area contributed by atoms with E-state index in [1.165, 1.54) is 4.68 Å². The van der Waals surface area contributed by atoms with Gasteiger partial charge in [0.05, 0.1) is 23.3 Å². The third kappa shape index (κ3) is 2.95. The van der Waals surface area contributed by atoms with Crippen molar-refractivity contribution >= 4 is 18.1 Å². The second kappa shape index (κ2) is 6.74. The molecule has 0 aliphatic rings. The van der Waals surface area contributed by atoms with E-state index in [4.69, 9.17) is 0 Å². The molecule has 7 heteroatoms. The average molecular weight is 302 g/mol. The highest BCUT2D eigenvalue weighted by Gasteiger charge is 2.14. The number of nitrogens with one attached hydrogen (secondary N) is 1. The van der Waals surface area contributed by atoms with Gasteiger partial charge in [-0.3, -0.25) is 4.68 Å². The third-order valence-corrected chi connectivity index (χ3v) is 3.34. The molecule has 0 amide bonds. The third-order valence-electron chi connectivity index (χ3n) is 3.34. The minimum absolute atomic E-state index is 0. The lowest BCUT2D eigenvalue weighted by atomic mass is 10.2.